The molecule has 1 unspecified atom stereocenters. The Morgan fingerprint density at radius 3 is 2.35 bits per heavy atom. The van der Waals surface area contributed by atoms with Crippen LogP contribution < -0.4 is 10.6 Å². The summed E-state index contributed by atoms with van der Waals surface area (Å²) in [4.78, 5) is 24.1. The van der Waals surface area contributed by atoms with Crippen LogP contribution in [0.1, 0.15) is 31.2 Å². The van der Waals surface area contributed by atoms with Gasteiger partial charge in [-0.2, -0.15) is 4.31 Å². The second-order valence-electron chi connectivity index (χ2n) is 7.43. The molecule has 0 radical (unpaired) electrons. The number of sulfonamides is 1. The second-order valence-corrected chi connectivity index (χ2v) is 9.32. The molecule has 1 aliphatic heterocycles. The molecule has 166 valence electrons. The minimum absolute atomic E-state index is 0.0464. The molecule has 7 nitrogen and oxygen atoms in total. The smallest absolute Gasteiger partial charge is 0.309 e. The van der Waals surface area contributed by atoms with Crippen LogP contribution in [0.25, 0.3) is 0 Å². The van der Waals surface area contributed by atoms with Crippen molar-refractivity contribution < 1.29 is 22.4 Å². The van der Waals surface area contributed by atoms with Gasteiger partial charge in [0.05, 0.1) is 4.90 Å². The fourth-order valence-corrected chi connectivity index (χ4v) is 5.34. The predicted molar refractivity (Wildman–Crippen MR) is 114 cm³/mol. The molecule has 9 heteroatoms. The van der Waals surface area contributed by atoms with Crippen molar-refractivity contribution in [1.29, 1.82) is 0 Å². The highest BCUT2D eigenvalue weighted by Gasteiger charge is 2.33. The molecule has 1 heterocycles. The molecule has 2 amide bonds. The molecule has 31 heavy (non-hydrogen) atoms. The van der Waals surface area contributed by atoms with Gasteiger partial charge >= 0.3 is 11.8 Å². The van der Waals surface area contributed by atoms with Gasteiger partial charge in [-0.05, 0) is 49.1 Å². The van der Waals surface area contributed by atoms with Crippen LogP contribution in [0.15, 0.2) is 59.5 Å². The van der Waals surface area contributed by atoms with Crippen molar-refractivity contribution in [2.45, 2.75) is 43.2 Å². The summed E-state index contributed by atoms with van der Waals surface area (Å²) in [7, 11) is -3.76. The number of hydrogen-bond donors (Lipinski definition) is 2. The SMILES string of the molecule is O=C(NCCC1CCCCN1S(=O)(=O)c1ccc(F)cc1)C(=O)NCc1ccccc1. The van der Waals surface area contributed by atoms with Gasteiger partial charge in [-0.3, -0.25) is 9.59 Å². The van der Waals surface area contributed by atoms with E-state index in [2.05, 4.69) is 10.6 Å². The van der Waals surface area contributed by atoms with Crippen LogP contribution in [-0.4, -0.2) is 43.7 Å². The third-order valence-corrected chi connectivity index (χ3v) is 7.22. The van der Waals surface area contributed by atoms with E-state index >= 15 is 0 Å². The molecular formula is C22H26FN3O4S. The molecule has 0 aliphatic carbocycles. The first-order valence-electron chi connectivity index (χ1n) is 10.3. The van der Waals surface area contributed by atoms with Gasteiger partial charge in [0.1, 0.15) is 5.82 Å². The monoisotopic (exact) mass is 447 g/mol. The number of piperidine rings is 1. The lowest BCUT2D eigenvalue weighted by Gasteiger charge is -2.34. The van der Waals surface area contributed by atoms with E-state index < -0.39 is 27.7 Å². The summed E-state index contributed by atoms with van der Waals surface area (Å²) in [5.74, 6) is -1.98. The number of carbonyl (C=O) groups excluding carboxylic acids is 2. The Hall–Kier alpha value is -2.78. The number of amides is 2. The van der Waals surface area contributed by atoms with Gasteiger partial charge in [0.15, 0.2) is 0 Å². The summed E-state index contributed by atoms with van der Waals surface area (Å²) >= 11 is 0. The third kappa shape index (κ3) is 6.11. The maximum absolute atomic E-state index is 13.2. The first-order chi connectivity index (χ1) is 14.9. The van der Waals surface area contributed by atoms with Crippen molar-refractivity contribution in [3.8, 4) is 0 Å². The maximum Gasteiger partial charge on any atom is 0.309 e. The van der Waals surface area contributed by atoms with Crippen LogP contribution in [0.3, 0.4) is 0 Å². The lowest BCUT2D eigenvalue weighted by Crippen LogP contribution is -2.46. The fourth-order valence-electron chi connectivity index (χ4n) is 3.61. The normalized spacial score (nSPS) is 17.1. The Morgan fingerprint density at radius 1 is 0.968 bits per heavy atom. The van der Waals surface area contributed by atoms with Crippen LogP contribution in [0.4, 0.5) is 4.39 Å². The third-order valence-electron chi connectivity index (χ3n) is 5.26. The van der Waals surface area contributed by atoms with Crippen molar-refractivity contribution in [2.75, 3.05) is 13.1 Å². The van der Waals surface area contributed by atoms with E-state index in [1.54, 1.807) is 0 Å². The molecular weight excluding hydrogens is 421 g/mol. The first-order valence-corrected chi connectivity index (χ1v) is 11.7. The van der Waals surface area contributed by atoms with Crippen LogP contribution in [0.2, 0.25) is 0 Å². The minimum atomic E-state index is -3.76. The molecule has 2 N–H and O–H groups in total. The van der Waals surface area contributed by atoms with E-state index in [1.165, 1.54) is 16.4 Å². The summed E-state index contributed by atoms with van der Waals surface area (Å²) < 4.78 is 40.6. The van der Waals surface area contributed by atoms with Gasteiger partial charge in [-0.25, -0.2) is 12.8 Å². The molecule has 0 saturated carbocycles. The molecule has 2 aromatic carbocycles. The number of nitrogens with one attached hydrogen (secondary N) is 2. The van der Waals surface area contributed by atoms with Crippen LogP contribution in [0.5, 0.6) is 0 Å². The topological polar surface area (TPSA) is 95.6 Å². The molecule has 1 atom stereocenters. The van der Waals surface area contributed by atoms with Crippen molar-refractivity contribution in [3.05, 3.63) is 66.0 Å². The van der Waals surface area contributed by atoms with E-state index in [0.717, 1.165) is 30.5 Å². The quantitative estimate of drug-likeness (QED) is 0.636. The van der Waals surface area contributed by atoms with Gasteiger partial charge in [0.2, 0.25) is 10.0 Å². The summed E-state index contributed by atoms with van der Waals surface area (Å²) in [5, 5.41) is 5.12. The molecule has 0 spiro atoms. The molecule has 1 fully saturated rings. The lowest BCUT2D eigenvalue weighted by atomic mass is 10.0. The number of hydrogen-bond acceptors (Lipinski definition) is 4. The Kier molecular flexibility index (Phi) is 7.75. The number of nitrogens with zero attached hydrogens (tertiary/aromatic N) is 1. The minimum Gasteiger partial charge on any atom is -0.348 e. The van der Waals surface area contributed by atoms with Gasteiger partial charge in [-0.15, -0.1) is 0 Å². The van der Waals surface area contributed by atoms with E-state index in [-0.39, 0.29) is 24.0 Å². The zero-order valence-corrected chi connectivity index (χ0v) is 17.9. The largest absolute Gasteiger partial charge is 0.348 e. The Labute approximate surface area is 181 Å². The van der Waals surface area contributed by atoms with Crippen molar-refractivity contribution in [2.24, 2.45) is 0 Å². The zero-order valence-electron chi connectivity index (χ0n) is 17.1. The van der Waals surface area contributed by atoms with E-state index in [4.69, 9.17) is 0 Å². The average Bonchev–Trinajstić information content (AvgIpc) is 2.78. The zero-order chi connectivity index (χ0) is 22.3. The Morgan fingerprint density at radius 2 is 1.65 bits per heavy atom. The first kappa shape index (κ1) is 22.9. The summed E-state index contributed by atoms with van der Waals surface area (Å²) in [6.07, 6.45) is 2.67. The van der Waals surface area contributed by atoms with Crippen molar-refractivity contribution >= 4 is 21.8 Å². The average molecular weight is 448 g/mol. The van der Waals surface area contributed by atoms with Crippen LogP contribution in [0, 0.1) is 5.82 Å². The highest BCUT2D eigenvalue weighted by Crippen LogP contribution is 2.27. The highest BCUT2D eigenvalue weighted by molar-refractivity contribution is 7.89. The summed E-state index contributed by atoms with van der Waals surface area (Å²) in [5.41, 5.74) is 0.882. The highest BCUT2D eigenvalue weighted by atomic mass is 32.2. The number of halogens is 1. The number of benzene rings is 2. The van der Waals surface area contributed by atoms with E-state index in [0.29, 0.717) is 19.4 Å². The van der Waals surface area contributed by atoms with Gasteiger partial charge < -0.3 is 10.6 Å². The summed E-state index contributed by atoms with van der Waals surface area (Å²) in [6, 6.07) is 13.7. The Balaban J connectivity index is 1.52. The van der Waals surface area contributed by atoms with Crippen LogP contribution in [-0.2, 0) is 26.2 Å². The van der Waals surface area contributed by atoms with E-state index in [1.807, 2.05) is 30.3 Å². The molecule has 1 saturated heterocycles. The number of carbonyl (C=O) groups is 2. The van der Waals surface area contributed by atoms with Crippen LogP contribution >= 0.6 is 0 Å². The van der Waals surface area contributed by atoms with Gasteiger partial charge in [-0.1, -0.05) is 36.8 Å². The molecule has 0 aromatic heterocycles. The maximum atomic E-state index is 13.2. The number of rotatable bonds is 7. The molecule has 3 rings (SSSR count). The second kappa shape index (κ2) is 10.5. The van der Waals surface area contributed by atoms with Crippen molar-refractivity contribution in [3.63, 3.8) is 0 Å². The molecule has 1 aliphatic rings. The van der Waals surface area contributed by atoms with E-state index in [9.17, 15) is 22.4 Å². The molecule has 2 aromatic rings. The standard InChI is InChI=1S/C22H26FN3O4S/c23-18-9-11-20(12-10-18)31(29,30)26-15-5-4-8-19(26)13-14-24-21(27)22(28)25-16-17-6-2-1-3-7-17/h1-3,6-7,9-12,19H,4-5,8,13-16H2,(H,24,27)(H,25,28). The fraction of sp³-hybridized carbons (Fsp3) is 0.364. The molecule has 0 bridgehead atoms. The lowest BCUT2D eigenvalue weighted by molar-refractivity contribution is -0.139. The Bertz CT molecular complexity index is 997. The van der Waals surface area contributed by atoms with Gasteiger partial charge in [0, 0.05) is 25.7 Å². The van der Waals surface area contributed by atoms with Crippen molar-refractivity contribution in [1.82, 2.24) is 14.9 Å². The predicted octanol–water partition coefficient (Wildman–Crippen LogP) is 2.19. The summed E-state index contributed by atoms with van der Waals surface area (Å²) in [6.45, 7) is 0.799. The van der Waals surface area contributed by atoms with Gasteiger partial charge in [0.25, 0.3) is 0 Å².